The molecule has 2 aromatic carbocycles. The van der Waals surface area contributed by atoms with Gasteiger partial charge in [-0.15, -0.1) is 0 Å². The van der Waals surface area contributed by atoms with Gasteiger partial charge in [0.05, 0.1) is 5.92 Å². The topological polar surface area (TPSA) is 46.3 Å². The molecule has 0 spiro atoms. The van der Waals surface area contributed by atoms with E-state index in [4.69, 9.17) is 5.73 Å². The van der Waals surface area contributed by atoms with Gasteiger partial charge < -0.3 is 10.6 Å². The second-order valence-electron chi connectivity index (χ2n) is 6.88. The van der Waals surface area contributed by atoms with Crippen molar-refractivity contribution in [2.75, 3.05) is 13.1 Å². The molecule has 1 amide bonds. The summed E-state index contributed by atoms with van der Waals surface area (Å²) in [5.41, 5.74) is 7.00. The second kappa shape index (κ2) is 6.71. The van der Waals surface area contributed by atoms with Gasteiger partial charge in [-0.1, -0.05) is 49.4 Å². The molecule has 1 aliphatic rings. The molecule has 1 heterocycles. The van der Waals surface area contributed by atoms with E-state index >= 15 is 0 Å². The zero-order valence-electron chi connectivity index (χ0n) is 14.0. The van der Waals surface area contributed by atoms with Gasteiger partial charge >= 0.3 is 0 Å². The van der Waals surface area contributed by atoms with E-state index in [0.717, 1.165) is 24.9 Å². The standard InChI is InChI=1S/C20H26N2O/c1-14-9-10-22(19(11-14)13-21)20(23)15(2)17-8-7-16-5-3-4-6-18(16)12-17/h3-8,12,14-15,19H,9-11,13,21H2,1-2H3. The van der Waals surface area contributed by atoms with Crippen molar-refractivity contribution in [3.8, 4) is 0 Å². The highest BCUT2D eigenvalue weighted by Gasteiger charge is 2.31. The van der Waals surface area contributed by atoms with Crippen molar-refractivity contribution < 1.29 is 4.79 Å². The second-order valence-corrected chi connectivity index (χ2v) is 6.88. The van der Waals surface area contributed by atoms with Crippen molar-refractivity contribution >= 4 is 16.7 Å². The Kier molecular flexibility index (Phi) is 4.67. The maximum Gasteiger partial charge on any atom is 0.230 e. The molecule has 3 atom stereocenters. The first-order valence-corrected chi connectivity index (χ1v) is 8.59. The Balaban J connectivity index is 1.82. The molecule has 122 valence electrons. The Morgan fingerprint density at radius 1 is 1.26 bits per heavy atom. The molecule has 0 aromatic heterocycles. The van der Waals surface area contributed by atoms with Gasteiger partial charge in [0.15, 0.2) is 0 Å². The number of benzene rings is 2. The molecule has 0 aliphatic carbocycles. The van der Waals surface area contributed by atoms with Gasteiger partial charge in [0, 0.05) is 19.1 Å². The maximum atomic E-state index is 13.0. The number of carbonyl (C=O) groups is 1. The monoisotopic (exact) mass is 310 g/mol. The summed E-state index contributed by atoms with van der Waals surface area (Å²) in [6, 6.07) is 14.8. The summed E-state index contributed by atoms with van der Waals surface area (Å²) in [7, 11) is 0. The normalized spacial score (nSPS) is 23.0. The van der Waals surface area contributed by atoms with Crippen molar-refractivity contribution in [3.63, 3.8) is 0 Å². The third kappa shape index (κ3) is 3.25. The fourth-order valence-corrected chi connectivity index (χ4v) is 3.63. The summed E-state index contributed by atoms with van der Waals surface area (Å²) < 4.78 is 0. The minimum Gasteiger partial charge on any atom is -0.338 e. The SMILES string of the molecule is CC1CCN(C(=O)C(C)c2ccc3ccccc3c2)C(CN)C1. The zero-order valence-corrected chi connectivity index (χ0v) is 14.0. The fraction of sp³-hybridized carbons (Fsp3) is 0.450. The molecule has 0 bridgehead atoms. The number of hydrogen-bond donors (Lipinski definition) is 1. The van der Waals surface area contributed by atoms with Gasteiger partial charge in [0.1, 0.15) is 0 Å². The van der Waals surface area contributed by atoms with Crippen LogP contribution in [0.4, 0.5) is 0 Å². The first kappa shape index (κ1) is 16.0. The molecule has 23 heavy (non-hydrogen) atoms. The third-order valence-corrected chi connectivity index (χ3v) is 5.18. The lowest BCUT2D eigenvalue weighted by Gasteiger charge is -2.39. The van der Waals surface area contributed by atoms with Crippen LogP contribution in [0.3, 0.4) is 0 Å². The molecule has 3 heteroatoms. The number of piperidine rings is 1. The number of nitrogens with zero attached hydrogens (tertiary/aromatic N) is 1. The highest BCUT2D eigenvalue weighted by atomic mass is 16.2. The number of carbonyl (C=O) groups excluding carboxylic acids is 1. The average Bonchev–Trinajstić information content (AvgIpc) is 2.60. The van der Waals surface area contributed by atoms with Gasteiger partial charge in [-0.2, -0.15) is 0 Å². The summed E-state index contributed by atoms with van der Waals surface area (Å²) in [4.78, 5) is 15.0. The quantitative estimate of drug-likeness (QED) is 0.942. The van der Waals surface area contributed by atoms with Crippen LogP contribution in [0.25, 0.3) is 10.8 Å². The molecule has 1 fully saturated rings. The van der Waals surface area contributed by atoms with Crippen molar-refractivity contribution in [1.82, 2.24) is 4.90 Å². The molecule has 3 unspecified atom stereocenters. The molecule has 3 rings (SSSR count). The van der Waals surface area contributed by atoms with Crippen molar-refractivity contribution in [1.29, 1.82) is 0 Å². The van der Waals surface area contributed by atoms with Gasteiger partial charge in [0.25, 0.3) is 0 Å². The Labute approximate surface area is 138 Å². The highest BCUT2D eigenvalue weighted by Crippen LogP contribution is 2.28. The Bertz CT molecular complexity index is 697. The van der Waals surface area contributed by atoms with E-state index in [1.54, 1.807) is 0 Å². The lowest BCUT2D eigenvalue weighted by Crippen LogP contribution is -2.50. The minimum absolute atomic E-state index is 0.123. The lowest BCUT2D eigenvalue weighted by atomic mass is 9.90. The molecule has 2 N–H and O–H groups in total. The van der Waals surface area contributed by atoms with E-state index in [-0.39, 0.29) is 17.9 Å². The zero-order chi connectivity index (χ0) is 16.4. The first-order chi connectivity index (χ1) is 11.1. The van der Waals surface area contributed by atoms with E-state index < -0.39 is 0 Å². The van der Waals surface area contributed by atoms with Crippen LogP contribution in [-0.2, 0) is 4.79 Å². The predicted molar refractivity (Wildman–Crippen MR) is 95.3 cm³/mol. The van der Waals surface area contributed by atoms with Crippen molar-refractivity contribution in [3.05, 3.63) is 48.0 Å². The number of amides is 1. The number of fused-ring (bicyclic) bond motifs is 1. The van der Waals surface area contributed by atoms with E-state index in [0.29, 0.717) is 12.5 Å². The summed E-state index contributed by atoms with van der Waals surface area (Å²) in [5.74, 6) is 0.744. The molecule has 1 aliphatic heterocycles. The first-order valence-electron chi connectivity index (χ1n) is 8.59. The molecule has 1 saturated heterocycles. The average molecular weight is 310 g/mol. The minimum atomic E-state index is -0.123. The molecular formula is C20H26N2O. The largest absolute Gasteiger partial charge is 0.338 e. The maximum absolute atomic E-state index is 13.0. The van der Waals surface area contributed by atoms with Gasteiger partial charge in [0.2, 0.25) is 5.91 Å². The van der Waals surface area contributed by atoms with E-state index in [2.05, 4.69) is 37.3 Å². The van der Waals surface area contributed by atoms with E-state index in [1.165, 1.54) is 10.8 Å². The Morgan fingerprint density at radius 2 is 2.00 bits per heavy atom. The molecule has 0 radical (unpaired) electrons. The third-order valence-electron chi connectivity index (χ3n) is 5.18. The van der Waals surface area contributed by atoms with Crippen LogP contribution in [0.5, 0.6) is 0 Å². The Morgan fingerprint density at radius 3 is 2.74 bits per heavy atom. The summed E-state index contributed by atoms with van der Waals surface area (Å²) in [6.45, 7) is 5.65. The van der Waals surface area contributed by atoms with Gasteiger partial charge in [-0.05, 0) is 42.0 Å². The predicted octanol–water partition coefficient (Wildman–Crippen LogP) is 3.53. The van der Waals surface area contributed by atoms with Crippen LogP contribution in [0.15, 0.2) is 42.5 Å². The Hall–Kier alpha value is -1.87. The van der Waals surface area contributed by atoms with Crippen molar-refractivity contribution in [2.24, 2.45) is 11.7 Å². The number of rotatable bonds is 3. The van der Waals surface area contributed by atoms with Crippen LogP contribution < -0.4 is 5.73 Å². The molecule has 2 aromatic rings. The van der Waals surface area contributed by atoms with Crippen LogP contribution in [-0.4, -0.2) is 29.9 Å². The smallest absolute Gasteiger partial charge is 0.230 e. The fourth-order valence-electron chi connectivity index (χ4n) is 3.63. The van der Waals surface area contributed by atoms with Crippen LogP contribution in [0.1, 0.15) is 38.2 Å². The van der Waals surface area contributed by atoms with Crippen LogP contribution in [0.2, 0.25) is 0 Å². The van der Waals surface area contributed by atoms with Crippen LogP contribution >= 0.6 is 0 Å². The van der Waals surface area contributed by atoms with E-state index in [1.807, 2.05) is 24.0 Å². The van der Waals surface area contributed by atoms with E-state index in [9.17, 15) is 4.79 Å². The van der Waals surface area contributed by atoms with Gasteiger partial charge in [-0.3, -0.25) is 4.79 Å². The van der Waals surface area contributed by atoms with Crippen LogP contribution in [0, 0.1) is 5.92 Å². The van der Waals surface area contributed by atoms with Gasteiger partial charge in [-0.25, -0.2) is 0 Å². The number of hydrogen-bond acceptors (Lipinski definition) is 2. The summed E-state index contributed by atoms with van der Waals surface area (Å²) >= 11 is 0. The number of likely N-dealkylation sites (tertiary alicyclic amines) is 1. The molecular weight excluding hydrogens is 284 g/mol. The molecule has 3 nitrogen and oxygen atoms in total. The molecule has 0 saturated carbocycles. The summed E-state index contributed by atoms with van der Waals surface area (Å²) in [5, 5.41) is 2.40. The number of nitrogens with two attached hydrogens (primary N) is 1. The van der Waals surface area contributed by atoms with Crippen molar-refractivity contribution in [2.45, 2.75) is 38.6 Å². The summed E-state index contributed by atoms with van der Waals surface area (Å²) in [6.07, 6.45) is 2.10. The lowest BCUT2D eigenvalue weighted by molar-refractivity contribution is -0.136. The highest BCUT2D eigenvalue weighted by molar-refractivity contribution is 5.87.